The first-order valence-corrected chi connectivity index (χ1v) is 23.9. The molecule has 0 aliphatic rings. The zero-order chi connectivity index (χ0) is 41.1. The quantitative estimate of drug-likeness (QED) is 0.0554. The van der Waals surface area contributed by atoms with E-state index in [0.29, 0.717) is 25.5 Å². The van der Waals surface area contributed by atoms with Gasteiger partial charge >= 0.3 is 0 Å². The summed E-state index contributed by atoms with van der Waals surface area (Å²) >= 11 is 0. The average molecular weight is 806 g/mol. The molecule has 1 atom stereocenters. The smallest absolute Gasteiger partial charge is 0.161 e. The standard InChI is InChI=1S/C50H83N3O5/c1-3-5-7-9-11-13-15-17-19-21-23-25-27-29-37-56-49-36-31-44(39-50(49)57-38-30-28-26-24-22-20-18-16-14-12-10-8-6-4-2)40-53-41-48(51-52-53)45-32-34-47(35-33-45)58-43-46(55)42-54/h31-36,39,41,46,54-55H,3-30,37-38,40,42-43H2,1-2H3. The minimum absolute atomic E-state index is 0.0421. The van der Waals surface area contributed by atoms with Crippen molar-refractivity contribution in [3.63, 3.8) is 0 Å². The first-order valence-electron chi connectivity index (χ1n) is 23.9. The number of ether oxygens (including phenoxy) is 3. The molecule has 3 aromatic rings. The summed E-state index contributed by atoms with van der Waals surface area (Å²) in [6, 6.07) is 13.8. The number of unbranched alkanes of at least 4 members (excludes halogenated alkanes) is 26. The molecule has 0 saturated carbocycles. The van der Waals surface area contributed by atoms with Crippen LogP contribution in [-0.4, -0.2) is 57.7 Å². The third-order valence-corrected chi connectivity index (χ3v) is 11.2. The van der Waals surface area contributed by atoms with Crippen molar-refractivity contribution in [2.45, 2.75) is 206 Å². The second-order valence-corrected chi connectivity index (χ2v) is 16.6. The van der Waals surface area contributed by atoms with Crippen LogP contribution in [0.1, 0.15) is 199 Å². The highest BCUT2D eigenvalue weighted by Crippen LogP contribution is 2.30. The molecule has 0 bridgehead atoms. The number of rotatable bonds is 39. The first-order chi connectivity index (χ1) is 28.6. The van der Waals surface area contributed by atoms with Gasteiger partial charge in [0.1, 0.15) is 24.2 Å². The average Bonchev–Trinajstić information content (AvgIpc) is 3.71. The van der Waals surface area contributed by atoms with E-state index in [1.165, 1.54) is 167 Å². The zero-order valence-electron chi connectivity index (χ0n) is 37.0. The first kappa shape index (κ1) is 49.3. The van der Waals surface area contributed by atoms with Gasteiger partial charge in [0.05, 0.1) is 32.6 Å². The fourth-order valence-corrected chi connectivity index (χ4v) is 7.50. The van der Waals surface area contributed by atoms with Gasteiger partial charge in [0.15, 0.2) is 11.5 Å². The van der Waals surface area contributed by atoms with Crippen LogP contribution < -0.4 is 14.2 Å². The maximum Gasteiger partial charge on any atom is 0.161 e. The minimum atomic E-state index is -0.899. The molecule has 0 amide bonds. The normalized spacial score (nSPS) is 11.9. The Morgan fingerprint density at radius 1 is 0.534 bits per heavy atom. The van der Waals surface area contributed by atoms with Crippen LogP contribution in [0.2, 0.25) is 0 Å². The summed E-state index contributed by atoms with van der Waals surface area (Å²) in [5, 5.41) is 27.4. The van der Waals surface area contributed by atoms with E-state index >= 15 is 0 Å². The van der Waals surface area contributed by atoms with Gasteiger partial charge in [-0.05, 0) is 54.8 Å². The van der Waals surface area contributed by atoms with E-state index in [1.807, 2.05) is 35.1 Å². The van der Waals surface area contributed by atoms with Gasteiger partial charge < -0.3 is 24.4 Å². The van der Waals surface area contributed by atoms with E-state index < -0.39 is 6.10 Å². The van der Waals surface area contributed by atoms with Crippen LogP contribution in [0.4, 0.5) is 0 Å². The minimum Gasteiger partial charge on any atom is -0.491 e. The van der Waals surface area contributed by atoms with Crippen LogP contribution in [0, 0.1) is 0 Å². The summed E-state index contributed by atoms with van der Waals surface area (Å²) in [4.78, 5) is 0. The molecule has 2 aromatic carbocycles. The summed E-state index contributed by atoms with van der Waals surface area (Å²) < 4.78 is 20.1. The van der Waals surface area contributed by atoms with Gasteiger partial charge in [0.25, 0.3) is 0 Å². The molecule has 0 radical (unpaired) electrons. The number of benzene rings is 2. The molecule has 8 heteroatoms. The Kier molecular flexibility index (Phi) is 28.6. The number of aromatic nitrogens is 3. The van der Waals surface area contributed by atoms with Crippen LogP contribution in [0.5, 0.6) is 17.2 Å². The number of nitrogens with zero attached hydrogens (tertiary/aromatic N) is 3. The van der Waals surface area contributed by atoms with Crippen molar-refractivity contribution >= 4 is 0 Å². The third kappa shape index (κ3) is 23.5. The molecule has 58 heavy (non-hydrogen) atoms. The van der Waals surface area contributed by atoms with Gasteiger partial charge in [-0.1, -0.05) is 192 Å². The highest BCUT2D eigenvalue weighted by molar-refractivity contribution is 5.58. The molecule has 0 saturated heterocycles. The van der Waals surface area contributed by atoms with E-state index in [9.17, 15) is 5.11 Å². The van der Waals surface area contributed by atoms with E-state index in [4.69, 9.17) is 19.3 Å². The van der Waals surface area contributed by atoms with E-state index in [-0.39, 0.29) is 13.2 Å². The van der Waals surface area contributed by atoms with Crippen molar-refractivity contribution < 1.29 is 24.4 Å². The Bertz CT molecular complexity index is 1380. The second-order valence-electron chi connectivity index (χ2n) is 16.6. The Hall–Kier alpha value is -3.10. The van der Waals surface area contributed by atoms with Gasteiger partial charge in [0, 0.05) is 5.56 Å². The topological polar surface area (TPSA) is 98.9 Å². The van der Waals surface area contributed by atoms with Gasteiger partial charge in [-0.3, -0.25) is 0 Å². The molecule has 328 valence electrons. The SMILES string of the molecule is CCCCCCCCCCCCCCCCOc1ccc(Cn2cc(-c3ccc(OCC(O)CO)cc3)nn2)cc1OCCCCCCCCCCCCCCCC. The number of aliphatic hydroxyl groups excluding tert-OH is 2. The fourth-order valence-electron chi connectivity index (χ4n) is 7.50. The van der Waals surface area contributed by atoms with Crippen molar-refractivity contribution in [3.8, 4) is 28.5 Å². The van der Waals surface area contributed by atoms with Gasteiger partial charge in [-0.2, -0.15) is 0 Å². The Morgan fingerprint density at radius 2 is 0.983 bits per heavy atom. The Balaban J connectivity index is 1.40. The lowest BCUT2D eigenvalue weighted by Gasteiger charge is -2.14. The number of aliphatic hydroxyl groups is 2. The van der Waals surface area contributed by atoms with E-state index in [1.54, 1.807) is 0 Å². The van der Waals surface area contributed by atoms with Gasteiger partial charge in [-0.15, -0.1) is 5.10 Å². The molecule has 3 rings (SSSR count). The molecule has 1 heterocycles. The lowest BCUT2D eigenvalue weighted by Crippen LogP contribution is -2.21. The fraction of sp³-hybridized carbons (Fsp3) is 0.720. The Labute approximate surface area is 353 Å². The summed E-state index contributed by atoms with van der Waals surface area (Å²) in [6.45, 7) is 6.27. The highest BCUT2D eigenvalue weighted by Gasteiger charge is 2.11. The van der Waals surface area contributed by atoms with Crippen LogP contribution in [0.25, 0.3) is 11.3 Å². The number of hydrogen-bond acceptors (Lipinski definition) is 7. The maximum atomic E-state index is 9.56. The Morgan fingerprint density at radius 3 is 1.45 bits per heavy atom. The van der Waals surface area contributed by atoms with Crippen molar-refractivity contribution in [1.82, 2.24) is 15.0 Å². The van der Waals surface area contributed by atoms with Crippen LogP contribution in [-0.2, 0) is 6.54 Å². The van der Waals surface area contributed by atoms with Crippen molar-refractivity contribution in [2.24, 2.45) is 0 Å². The van der Waals surface area contributed by atoms with Crippen LogP contribution in [0.3, 0.4) is 0 Å². The highest BCUT2D eigenvalue weighted by atomic mass is 16.5. The molecule has 0 aliphatic carbocycles. The van der Waals surface area contributed by atoms with Gasteiger partial charge in [0.2, 0.25) is 0 Å². The predicted molar refractivity (Wildman–Crippen MR) is 241 cm³/mol. The van der Waals surface area contributed by atoms with Crippen molar-refractivity contribution in [1.29, 1.82) is 0 Å². The zero-order valence-corrected chi connectivity index (χ0v) is 37.0. The molecule has 1 unspecified atom stereocenters. The monoisotopic (exact) mass is 806 g/mol. The summed E-state index contributed by atoms with van der Waals surface area (Å²) in [5.41, 5.74) is 2.78. The largest absolute Gasteiger partial charge is 0.491 e. The van der Waals surface area contributed by atoms with E-state index in [0.717, 1.165) is 41.2 Å². The molecule has 0 aliphatic heterocycles. The maximum absolute atomic E-state index is 9.56. The molecule has 0 spiro atoms. The van der Waals surface area contributed by atoms with Crippen LogP contribution >= 0.6 is 0 Å². The van der Waals surface area contributed by atoms with Crippen molar-refractivity contribution in [2.75, 3.05) is 26.4 Å². The summed E-state index contributed by atoms with van der Waals surface area (Å²) in [6.07, 6.45) is 38.7. The molecular formula is C50H83N3O5. The summed E-state index contributed by atoms with van der Waals surface area (Å²) in [5.74, 6) is 2.27. The molecular weight excluding hydrogens is 723 g/mol. The lowest BCUT2D eigenvalue weighted by atomic mass is 10.0. The van der Waals surface area contributed by atoms with Gasteiger partial charge in [-0.25, -0.2) is 4.68 Å². The molecule has 2 N–H and O–H groups in total. The lowest BCUT2D eigenvalue weighted by molar-refractivity contribution is 0.0536. The van der Waals surface area contributed by atoms with Crippen LogP contribution in [0.15, 0.2) is 48.7 Å². The summed E-state index contributed by atoms with van der Waals surface area (Å²) in [7, 11) is 0. The van der Waals surface area contributed by atoms with Crippen molar-refractivity contribution in [3.05, 3.63) is 54.2 Å². The molecule has 8 nitrogen and oxygen atoms in total. The second kappa shape index (κ2) is 33.7. The third-order valence-electron chi connectivity index (χ3n) is 11.2. The molecule has 1 aromatic heterocycles. The predicted octanol–water partition coefficient (Wildman–Crippen LogP) is 13.4. The van der Waals surface area contributed by atoms with E-state index in [2.05, 4.69) is 42.4 Å². The molecule has 0 fully saturated rings. The number of hydrogen-bond donors (Lipinski definition) is 2.